The molecular weight excluding hydrogens is 491 g/mol. The van der Waals surface area contributed by atoms with Crippen LogP contribution in [0.25, 0.3) is 0 Å². The maximum absolute atomic E-state index is 6.16. The third kappa shape index (κ3) is 11.0. The standard InChI is InChI=1S/C23H46N4O2.HI/c1-4-14-26(15-5-2)16-9-13-25-23(24-6-3)27-17-11-21(12-18-27)29-20-22-10-7-8-19-28-22;/h21-22H,4-20H2,1-3H3,(H,24,25);1H. The van der Waals surface area contributed by atoms with Gasteiger partial charge in [0, 0.05) is 32.8 Å². The normalized spacial score (nSPS) is 21.0. The Bertz CT molecular complexity index is 433. The second kappa shape index (κ2) is 17.4. The van der Waals surface area contributed by atoms with Crippen LogP contribution in [0.5, 0.6) is 0 Å². The fourth-order valence-electron chi connectivity index (χ4n) is 4.29. The maximum Gasteiger partial charge on any atom is 0.193 e. The third-order valence-electron chi connectivity index (χ3n) is 5.84. The minimum absolute atomic E-state index is 0. The first kappa shape index (κ1) is 27.9. The van der Waals surface area contributed by atoms with Gasteiger partial charge in [0.15, 0.2) is 5.96 Å². The van der Waals surface area contributed by atoms with Crippen LogP contribution >= 0.6 is 24.0 Å². The van der Waals surface area contributed by atoms with Crippen LogP contribution in [0, 0.1) is 0 Å². The molecule has 2 saturated heterocycles. The van der Waals surface area contributed by atoms with E-state index < -0.39 is 0 Å². The van der Waals surface area contributed by atoms with E-state index in [9.17, 15) is 0 Å². The molecular formula is C23H47IN4O2. The maximum atomic E-state index is 6.16. The molecule has 7 heteroatoms. The van der Waals surface area contributed by atoms with Crippen LogP contribution in [0.2, 0.25) is 0 Å². The molecule has 0 radical (unpaired) electrons. The van der Waals surface area contributed by atoms with E-state index in [2.05, 4.69) is 35.9 Å². The molecule has 6 nitrogen and oxygen atoms in total. The third-order valence-corrected chi connectivity index (χ3v) is 5.84. The Kier molecular flexibility index (Phi) is 16.2. The number of likely N-dealkylation sites (tertiary alicyclic amines) is 1. The van der Waals surface area contributed by atoms with Gasteiger partial charge in [0.2, 0.25) is 0 Å². The Hall–Kier alpha value is -0.120. The molecule has 2 aliphatic heterocycles. The van der Waals surface area contributed by atoms with E-state index >= 15 is 0 Å². The molecule has 30 heavy (non-hydrogen) atoms. The van der Waals surface area contributed by atoms with Crippen LogP contribution in [0.3, 0.4) is 0 Å². The number of piperidine rings is 1. The van der Waals surface area contributed by atoms with Crippen molar-refractivity contribution in [2.24, 2.45) is 4.99 Å². The number of ether oxygens (including phenoxy) is 2. The molecule has 2 rings (SSSR count). The predicted octanol–water partition coefficient (Wildman–Crippen LogP) is 4.13. The molecule has 1 N–H and O–H groups in total. The summed E-state index contributed by atoms with van der Waals surface area (Å²) < 4.78 is 12.0. The minimum Gasteiger partial charge on any atom is -0.376 e. The van der Waals surface area contributed by atoms with E-state index in [1.165, 1.54) is 38.8 Å². The SMILES string of the molecule is CCCN(CCC)CCCN=C(NCC)N1CCC(OCC2CCCCO2)CC1.I. The van der Waals surface area contributed by atoms with Crippen molar-refractivity contribution in [2.45, 2.75) is 84.3 Å². The number of hydrogen-bond donors (Lipinski definition) is 1. The van der Waals surface area contributed by atoms with Crippen molar-refractivity contribution >= 4 is 29.9 Å². The highest BCUT2D eigenvalue weighted by molar-refractivity contribution is 14.0. The highest BCUT2D eigenvalue weighted by atomic mass is 127. The Labute approximate surface area is 202 Å². The topological polar surface area (TPSA) is 49.3 Å². The van der Waals surface area contributed by atoms with Gasteiger partial charge in [-0.2, -0.15) is 0 Å². The van der Waals surface area contributed by atoms with Crippen molar-refractivity contribution < 1.29 is 9.47 Å². The van der Waals surface area contributed by atoms with Crippen LogP contribution in [0.1, 0.15) is 72.1 Å². The van der Waals surface area contributed by atoms with Gasteiger partial charge in [-0.1, -0.05) is 13.8 Å². The molecule has 0 aromatic rings. The van der Waals surface area contributed by atoms with Crippen molar-refractivity contribution in [3.63, 3.8) is 0 Å². The summed E-state index contributed by atoms with van der Waals surface area (Å²) in [7, 11) is 0. The molecule has 0 spiro atoms. The van der Waals surface area contributed by atoms with Crippen molar-refractivity contribution in [2.75, 3.05) is 59.0 Å². The van der Waals surface area contributed by atoms with Crippen molar-refractivity contribution in [3.05, 3.63) is 0 Å². The average Bonchev–Trinajstić information content (AvgIpc) is 2.76. The molecule has 2 fully saturated rings. The Morgan fingerprint density at radius 2 is 1.80 bits per heavy atom. The lowest BCUT2D eigenvalue weighted by Crippen LogP contribution is -2.47. The molecule has 2 heterocycles. The van der Waals surface area contributed by atoms with E-state index in [0.717, 1.165) is 77.6 Å². The Morgan fingerprint density at radius 3 is 2.40 bits per heavy atom. The van der Waals surface area contributed by atoms with E-state index in [0.29, 0.717) is 12.2 Å². The van der Waals surface area contributed by atoms with Gasteiger partial charge in [-0.05, 0) is 77.9 Å². The smallest absolute Gasteiger partial charge is 0.193 e. The van der Waals surface area contributed by atoms with Gasteiger partial charge in [-0.25, -0.2) is 0 Å². The molecule has 0 aromatic carbocycles. The number of rotatable bonds is 12. The van der Waals surface area contributed by atoms with Crippen molar-refractivity contribution in [3.8, 4) is 0 Å². The Morgan fingerprint density at radius 1 is 1.07 bits per heavy atom. The first-order valence-corrected chi connectivity index (χ1v) is 12.3. The van der Waals surface area contributed by atoms with E-state index in [-0.39, 0.29) is 24.0 Å². The summed E-state index contributed by atoms with van der Waals surface area (Å²) in [6.45, 7) is 15.8. The van der Waals surface area contributed by atoms with E-state index in [4.69, 9.17) is 14.5 Å². The lowest BCUT2D eigenvalue weighted by molar-refractivity contribution is -0.0721. The summed E-state index contributed by atoms with van der Waals surface area (Å²) in [5, 5.41) is 3.49. The number of halogens is 1. The average molecular weight is 539 g/mol. The second-order valence-electron chi connectivity index (χ2n) is 8.44. The zero-order valence-electron chi connectivity index (χ0n) is 19.7. The van der Waals surface area contributed by atoms with Gasteiger partial charge in [0.1, 0.15) is 0 Å². The zero-order chi connectivity index (χ0) is 20.7. The first-order chi connectivity index (χ1) is 14.3. The molecule has 0 aliphatic carbocycles. The molecule has 2 aliphatic rings. The van der Waals surface area contributed by atoms with Gasteiger partial charge in [-0.3, -0.25) is 4.99 Å². The van der Waals surface area contributed by atoms with Crippen LogP contribution in [0.15, 0.2) is 4.99 Å². The summed E-state index contributed by atoms with van der Waals surface area (Å²) in [6, 6.07) is 0. The van der Waals surface area contributed by atoms with Crippen LogP contribution < -0.4 is 5.32 Å². The van der Waals surface area contributed by atoms with Crippen LogP contribution in [-0.2, 0) is 9.47 Å². The van der Waals surface area contributed by atoms with Gasteiger partial charge in [-0.15, -0.1) is 24.0 Å². The first-order valence-electron chi connectivity index (χ1n) is 12.3. The lowest BCUT2D eigenvalue weighted by Gasteiger charge is -2.35. The summed E-state index contributed by atoms with van der Waals surface area (Å²) >= 11 is 0. The number of guanidine groups is 1. The van der Waals surface area contributed by atoms with Gasteiger partial charge in [0.25, 0.3) is 0 Å². The lowest BCUT2D eigenvalue weighted by atomic mass is 10.1. The van der Waals surface area contributed by atoms with Crippen LogP contribution in [0.4, 0.5) is 0 Å². The zero-order valence-corrected chi connectivity index (χ0v) is 22.1. The second-order valence-corrected chi connectivity index (χ2v) is 8.44. The molecule has 178 valence electrons. The number of nitrogens with one attached hydrogen (secondary N) is 1. The quantitative estimate of drug-likeness (QED) is 0.175. The van der Waals surface area contributed by atoms with E-state index in [1.807, 2.05) is 0 Å². The number of aliphatic imine (C=N–C) groups is 1. The summed E-state index contributed by atoms with van der Waals surface area (Å²) in [5.74, 6) is 1.08. The highest BCUT2D eigenvalue weighted by Gasteiger charge is 2.23. The molecule has 0 saturated carbocycles. The molecule has 0 amide bonds. The summed E-state index contributed by atoms with van der Waals surface area (Å²) in [5.41, 5.74) is 0. The van der Waals surface area contributed by atoms with Gasteiger partial charge >= 0.3 is 0 Å². The summed E-state index contributed by atoms with van der Waals surface area (Å²) in [4.78, 5) is 9.90. The van der Waals surface area contributed by atoms with Gasteiger partial charge < -0.3 is 24.6 Å². The molecule has 0 bridgehead atoms. The largest absolute Gasteiger partial charge is 0.376 e. The fourth-order valence-corrected chi connectivity index (χ4v) is 4.29. The number of hydrogen-bond acceptors (Lipinski definition) is 4. The number of nitrogens with zero attached hydrogens (tertiary/aromatic N) is 3. The van der Waals surface area contributed by atoms with Crippen molar-refractivity contribution in [1.29, 1.82) is 0 Å². The molecule has 1 unspecified atom stereocenters. The predicted molar refractivity (Wildman–Crippen MR) is 137 cm³/mol. The summed E-state index contributed by atoms with van der Waals surface area (Å²) in [6.07, 6.45) is 10.1. The van der Waals surface area contributed by atoms with Crippen LogP contribution in [-0.4, -0.2) is 87.0 Å². The monoisotopic (exact) mass is 538 g/mol. The highest BCUT2D eigenvalue weighted by Crippen LogP contribution is 2.18. The molecule has 0 aromatic heterocycles. The van der Waals surface area contributed by atoms with Crippen molar-refractivity contribution in [1.82, 2.24) is 15.1 Å². The Balaban J connectivity index is 0.00000450. The molecule has 1 atom stereocenters. The van der Waals surface area contributed by atoms with Gasteiger partial charge in [0.05, 0.1) is 18.8 Å². The fraction of sp³-hybridized carbons (Fsp3) is 0.957. The van der Waals surface area contributed by atoms with E-state index in [1.54, 1.807) is 0 Å². The minimum atomic E-state index is 0.